The summed E-state index contributed by atoms with van der Waals surface area (Å²) in [6, 6.07) is 4.80. The molecule has 1 amide bonds. The molecule has 0 aromatic heterocycles. The maximum Gasteiger partial charge on any atom is 0.254 e. The van der Waals surface area contributed by atoms with E-state index < -0.39 is 6.17 Å². The Bertz CT molecular complexity index is 416. The van der Waals surface area contributed by atoms with Crippen molar-refractivity contribution in [2.24, 2.45) is 0 Å². The Balaban J connectivity index is 2.17. The van der Waals surface area contributed by atoms with Gasteiger partial charge in [-0.3, -0.25) is 4.79 Å². The molecule has 0 radical (unpaired) electrons. The van der Waals surface area contributed by atoms with Crippen LogP contribution in [-0.2, 0) is 0 Å². The Morgan fingerprint density at radius 3 is 2.81 bits per heavy atom. The number of nitrogen functional groups attached to an aromatic ring is 1. The molecule has 4 nitrogen and oxygen atoms in total. The summed E-state index contributed by atoms with van der Waals surface area (Å²) in [5.41, 5.74) is 6.58. The van der Waals surface area contributed by atoms with Crippen LogP contribution in [0.15, 0.2) is 18.2 Å². The van der Waals surface area contributed by atoms with Crippen molar-refractivity contribution >= 4 is 11.6 Å². The summed E-state index contributed by atoms with van der Waals surface area (Å²) in [5.74, 6) is 0.273. The number of hydrogen-bond donors (Lipinski definition) is 1. The minimum atomic E-state index is -0.889. The average Bonchev–Trinajstić information content (AvgIpc) is 2.24. The van der Waals surface area contributed by atoms with E-state index in [0.29, 0.717) is 17.0 Å². The van der Waals surface area contributed by atoms with Gasteiger partial charge in [0.2, 0.25) is 0 Å². The highest BCUT2D eigenvalue weighted by Gasteiger charge is 2.31. The zero-order chi connectivity index (χ0) is 11.7. The van der Waals surface area contributed by atoms with Crippen molar-refractivity contribution in [3.05, 3.63) is 23.8 Å². The van der Waals surface area contributed by atoms with Gasteiger partial charge in [0.1, 0.15) is 11.9 Å². The number of nitrogens with two attached hydrogens (primary N) is 1. The minimum absolute atomic E-state index is 0.172. The number of carbonyl (C=O) groups is 1. The molecule has 0 atom stereocenters. The molecule has 1 saturated heterocycles. The number of likely N-dealkylation sites (tertiary alicyclic amines) is 1. The lowest BCUT2D eigenvalue weighted by Crippen LogP contribution is -2.51. The number of nitrogens with zero attached hydrogens (tertiary/aromatic N) is 1. The van der Waals surface area contributed by atoms with E-state index in [1.54, 1.807) is 18.2 Å². The molecule has 0 bridgehead atoms. The van der Waals surface area contributed by atoms with Crippen molar-refractivity contribution in [1.82, 2.24) is 4.90 Å². The van der Waals surface area contributed by atoms with Crippen molar-refractivity contribution in [3.8, 4) is 5.75 Å². The van der Waals surface area contributed by atoms with Crippen molar-refractivity contribution in [2.45, 2.75) is 6.17 Å². The van der Waals surface area contributed by atoms with E-state index in [0.717, 1.165) is 0 Å². The number of carbonyl (C=O) groups excluding carboxylic acids is 1. The Kier molecular flexibility index (Phi) is 2.68. The first-order chi connectivity index (χ1) is 7.61. The number of alkyl halides is 1. The molecular formula is C11H13FN2O2. The van der Waals surface area contributed by atoms with Gasteiger partial charge in [-0.05, 0) is 18.2 Å². The van der Waals surface area contributed by atoms with Crippen LogP contribution in [0.25, 0.3) is 0 Å². The summed E-state index contributed by atoms with van der Waals surface area (Å²) in [7, 11) is 1.49. The topological polar surface area (TPSA) is 55.6 Å². The van der Waals surface area contributed by atoms with Crippen LogP contribution in [0.1, 0.15) is 10.4 Å². The third-order valence-electron chi connectivity index (χ3n) is 2.60. The van der Waals surface area contributed by atoms with Crippen LogP contribution in [0.3, 0.4) is 0 Å². The predicted molar refractivity (Wildman–Crippen MR) is 58.2 cm³/mol. The van der Waals surface area contributed by atoms with E-state index in [2.05, 4.69) is 0 Å². The molecule has 1 aliphatic rings. The number of ether oxygens (including phenoxy) is 1. The molecule has 1 fully saturated rings. The highest BCUT2D eigenvalue weighted by molar-refractivity contribution is 5.95. The van der Waals surface area contributed by atoms with Gasteiger partial charge in [0.15, 0.2) is 0 Å². The summed E-state index contributed by atoms with van der Waals surface area (Å²) in [6.45, 7) is 0.344. The molecule has 0 unspecified atom stereocenters. The molecule has 0 saturated carbocycles. The monoisotopic (exact) mass is 224 g/mol. The summed E-state index contributed by atoms with van der Waals surface area (Å²) >= 11 is 0. The van der Waals surface area contributed by atoms with Crippen LogP contribution in [0.2, 0.25) is 0 Å². The largest absolute Gasteiger partial charge is 0.495 e. The second-order valence-electron chi connectivity index (χ2n) is 3.76. The lowest BCUT2D eigenvalue weighted by atomic mass is 10.1. The molecular weight excluding hydrogens is 211 g/mol. The SMILES string of the molecule is COc1cc(C(=O)N2CC(F)C2)ccc1N. The number of methoxy groups -OCH3 is 1. The van der Waals surface area contributed by atoms with Gasteiger partial charge in [-0.1, -0.05) is 0 Å². The van der Waals surface area contributed by atoms with Crippen LogP contribution >= 0.6 is 0 Å². The van der Waals surface area contributed by atoms with Crippen LogP contribution in [-0.4, -0.2) is 37.2 Å². The first-order valence-corrected chi connectivity index (χ1v) is 4.98. The summed E-state index contributed by atoms with van der Waals surface area (Å²) in [5, 5.41) is 0. The zero-order valence-corrected chi connectivity index (χ0v) is 8.94. The first kappa shape index (κ1) is 10.7. The smallest absolute Gasteiger partial charge is 0.254 e. The van der Waals surface area contributed by atoms with Gasteiger partial charge in [-0.15, -0.1) is 0 Å². The van der Waals surface area contributed by atoms with Gasteiger partial charge in [0.25, 0.3) is 5.91 Å². The number of rotatable bonds is 2. The van der Waals surface area contributed by atoms with Crippen molar-refractivity contribution < 1.29 is 13.9 Å². The van der Waals surface area contributed by atoms with Crippen molar-refractivity contribution in [3.63, 3.8) is 0 Å². The summed E-state index contributed by atoms with van der Waals surface area (Å²) < 4.78 is 17.6. The van der Waals surface area contributed by atoms with Crippen LogP contribution < -0.4 is 10.5 Å². The Morgan fingerprint density at radius 1 is 1.56 bits per heavy atom. The fourth-order valence-electron chi connectivity index (χ4n) is 1.62. The van der Waals surface area contributed by atoms with E-state index in [4.69, 9.17) is 10.5 Å². The lowest BCUT2D eigenvalue weighted by molar-refractivity contribution is 0.0400. The van der Waals surface area contributed by atoms with Crippen LogP contribution in [0.5, 0.6) is 5.75 Å². The molecule has 1 aromatic rings. The molecule has 0 spiro atoms. The molecule has 5 heteroatoms. The van der Waals surface area contributed by atoms with Crippen LogP contribution in [0, 0.1) is 0 Å². The highest BCUT2D eigenvalue weighted by Crippen LogP contribution is 2.24. The lowest BCUT2D eigenvalue weighted by Gasteiger charge is -2.34. The fraction of sp³-hybridized carbons (Fsp3) is 0.364. The Labute approximate surface area is 92.8 Å². The standard InChI is InChI=1S/C11H13FN2O2/c1-16-10-4-7(2-3-9(10)13)11(15)14-5-8(12)6-14/h2-4,8H,5-6,13H2,1H3. The first-order valence-electron chi connectivity index (χ1n) is 4.98. The normalized spacial score (nSPS) is 15.8. The molecule has 2 rings (SSSR count). The Morgan fingerprint density at radius 2 is 2.25 bits per heavy atom. The second-order valence-corrected chi connectivity index (χ2v) is 3.76. The third kappa shape index (κ3) is 1.80. The quantitative estimate of drug-likeness (QED) is 0.764. The minimum Gasteiger partial charge on any atom is -0.495 e. The van der Waals surface area contributed by atoms with Gasteiger partial charge < -0.3 is 15.4 Å². The van der Waals surface area contributed by atoms with E-state index in [-0.39, 0.29) is 19.0 Å². The van der Waals surface area contributed by atoms with Crippen molar-refractivity contribution in [1.29, 1.82) is 0 Å². The highest BCUT2D eigenvalue weighted by atomic mass is 19.1. The van der Waals surface area contributed by atoms with E-state index >= 15 is 0 Å². The summed E-state index contributed by atoms with van der Waals surface area (Å²) in [4.78, 5) is 13.3. The maximum absolute atomic E-state index is 12.6. The van der Waals surface area contributed by atoms with Gasteiger partial charge in [0, 0.05) is 5.56 Å². The number of amides is 1. The van der Waals surface area contributed by atoms with Crippen LogP contribution in [0.4, 0.5) is 10.1 Å². The van der Waals surface area contributed by atoms with Gasteiger partial charge >= 0.3 is 0 Å². The molecule has 1 aromatic carbocycles. The molecule has 86 valence electrons. The number of hydrogen-bond acceptors (Lipinski definition) is 3. The van der Waals surface area contributed by atoms with Gasteiger partial charge in [0.05, 0.1) is 25.9 Å². The van der Waals surface area contributed by atoms with E-state index in [1.807, 2.05) is 0 Å². The number of benzene rings is 1. The molecule has 2 N–H and O–H groups in total. The third-order valence-corrected chi connectivity index (χ3v) is 2.60. The van der Waals surface area contributed by atoms with E-state index in [1.165, 1.54) is 12.0 Å². The molecule has 1 heterocycles. The molecule has 1 aliphatic heterocycles. The van der Waals surface area contributed by atoms with Crippen molar-refractivity contribution in [2.75, 3.05) is 25.9 Å². The predicted octanol–water partition coefficient (Wildman–Crippen LogP) is 1.07. The molecule has 0 aliphatic carbocycles. The number of anilines is 1. The second kappa shape index (κ2) is 4.00. The fourth-order valence-corrected chi connectivity index (χ4v) is 1.62. The average molecular weight is 224 g/mol. The molecule has 16 heavy (non-hydrogen) atoms. The zero-order valence-electron chi connectivity index (χ0n) is 8.94. The number of halogens is 1. The van der Waals surface area contributed by atoms with Gasteiger partial charge in [-0.2, -0.15) is 0 Å². The maximum atomic E-state index is 12.6. The Hall–Kier alpha value is -1.78. The van der Waals surface area contributed by atoms with Gasteiger partial charge in [-0.25, -0.2) is 4.39 Å². The summed E-state index contributed by atoms with van der Waals surface area (Å²) in [6.07, 6.45) is -0.889. The van der Waals surface area contributed by atoms with E-state index in [9.17, 15) is 9.18 Å².